The predicted molar refractivity (Wildman–Crippen MR) is 94.6 cm³/mol. The highest BCUT2D eigenvalue weighted by atomic mass is 32.6. The van der Waals surface area contributed by atoms with Crippen molar-refractivity contribution in [1.82, 2.24) is 4.98 Å². The lowest BCUT2D eigenvalue weighted by Crippen LogP contribution is -2.10. The zero-order chi connectivity index (χ0) is 13.0. The number of aryl methyl sites for hydroxylation is 1. The Morgan fingerprint density at radius 1 is 1.33 bits per heavy atom. The highest BCUT2D eigenvalue weighted by molar-refractivity contribution is 8.63. The molecule has 1 aromatic carbocycles. The van der Waals surface area contributed by atoms with E-state index in [1.807, 2.05) is 6.20 Å². The minimum Gasteiger partial charge on any atom is -0.255 e. The average molecular weight is 313 g/mol. The molecule has 0 amide bonds. The fourth-order valence-electron chi connectivity index (χ4n) is 2.08. The van der Waals surface area contributed by atoms with E-state index in [4.69, 9.17) is 4.98 Å². The van der Waals surface area contributed by atoms with E-state index in [1.54, 1.807) is 0 Å². The van der Waals surface area contributed by atoms with Gasteiger partial charge in [0.15, 0.2) is 0 Å². The molecule has 0 bridgehead atoms. The van der Waals surface area contributed by atoms with Crippen LogP contribution in [0.2, 0.25) is 0 Å². The van der Waals surface area contributed by atoms with E-state index in [0.717, 1.165) is 14.4 Å². The van der Waals surface area contributed by atoms with Crippen LogP contribution in [0.15, 0.2) is 30.5 Å². The molecule has 1 aromatic heterocycles. The molecule has 18 heavy (non-hydrogen) atoms. The number of nitrogens with zero attached hydrogens (tertiary/aromatic N) is 1. The molecule has 2 rings (SSSR count). The number of benzene rings is 1. The van der Waals surface area contributed by atoms with E-state index in [9.17, 15) is 0 Å². The van der Waals surface area contributed by atoms with Gasteiger partial charge >= 0.3 is 0 Å². The Bertz CT molecular complexity index is 529. The van der Waals surface area contributed by atoms with E-state index >= 15 is 0 Å². The molecule has 1 nitrogen and oxygen atoms in total. The van der Waals surface area contributed by atoms with Gasteiger partial charge < -0.3 is 0 Å². The minimum atomic E-state index is -0.188. The number of pyridine rings is 1. The lowest BCUT2D eigenvalue weighted by Gasteiger charge is -2.16. The van der Waals surface area contributed by atoms with Crippen LogP contribution < -0.4 is 5.44 Å². The average Bonchev–Trinajstić information content (AvgIpc) is 2.43. The molecule has 0 saturated heterocycles. The van der Waals surface area contributed by atoms with Crippen LogP contribution in [-0.2, 0) is 6.42 Å². The first-order valence-corrected chi connectivity index (χ1v) is 12.8. The largest absolute Gasteiger partial charge is 0.255 e. The first-order valence-electron chi connectivity index (χ1n) is 6.15. The molecule has 4 unspecified atom stereocenters. The minimum absolute atomic E-state index is 0.188. The summed E-state index contributed by atoms with van der Waals surface area (Å²) in [5.41, 5.74) is 2.81. The SMILES string of the molecule is CCCCc1c(P(P)PP)ncc2ccccc12. The zero-order valence-corrected chi connectivity index (χ0v) is 14.8. The fourth-order valence-corrected chi connectivity index (χ4v) is 5.62. The van der Waals surface area contributed by atoms with Gasteiger partial charge in [0.1, 0.15) is 0 Å². The molecule has 1 heterocycles. The van der Waals surface area contributed by atoms with E-state index < -0.39 is 0 Å². The molecule has 0 spiro atoms. The van der Waals surface area contributed by atoms with Crippen LogP contribution in [0.3, 0.4) is 0 Å². The van der Waals surface area contributed by atoms with Crippen molar-refractivity contribution in [3.8, 4) is 0 Å². The molecule has 0 aliphatic carbocycles. The van der Waals surface area contributed by atoms with Gasteiger partial charge in [-0.1, -0.05) is 45.6 Å². The Labute approximate surface area is 117 Å². The monoisotopic (exact) mass is 313 g/mol. The van der Waals surface area contributed by atoms with Gasteiger partial charge in [0, 0.05) is 11.6 Å². The standard InChI is InChI=1S/C13H19NP4/c1-2-3-7-12-11-8-5-4-6-10(11)9-14-13(12)18(16)17-15/h4-6,8-9,17H,2-3,7,15-16H2,1H3. The molecule has 0 aliphatic rings. The van der Waals surface area contributed by atoms with Crippen LogP contribution in [0.25, 0.3) is 10.8 Å². The smallest absolute Gasteiger partial charge is 0.0751 e. The summed E-state index contributed by atoms with van der Waals surface area (Å²) >= 11 is 0. The number of fused-ring (bicyclic) bond motifs is 1. The Morgan fingerprint density at radius 2 is 2.11 bits per heavy atom. The van der Waals surface area contributed by atoms with Gasteiger partial charge in [-0.05, 0) is 31.1 Å². The summed E-state index contributed by atoms with van der Waals surface area (Å²) in [6.45, 7) is 2.25. The summed E-state index contributed by atoms with van der Waals surface area (Å²) in [6, 6.07) is 8.63. The van der Waals surface area contributed by atoms with Gasteiger partial charge in [-0.2, -0.15) is 0 Å². The van der Waals surface area contributed by atoms with Crippen LogP contribution in [-0.4, -0.2) is 4.98 Å². The van der Waals surface area contributed by atoms with Gasteiger partial charge in [0.05, 0.1) is 5.44 Å². The van der Waals surface area contributed by atoms with Crippen LogP contribution >= 0.6 is 33.1 Å². The molecule has 5 heteroatoms. The zero-order valence-electron chi connectivity index (χ0n) is 10.6. The molecule has 0 radical (unpaired) electrons. The third-order valence-electron chi connectivity index (χ3n) is 3.03. The van der Waals surface area contributed by atoms with Gasteiger partial charge in [-0.15, -0.1) is 17.9 Å². The highest BCUT2D eigenvalue weighted by Gasteiger charge is 2.13. The van der Waals surface area contributed by atoms with Crippen LogP contribution in [0.5, 0.6) is 0 Å². The summed E-state index contributed by atoms with van der Waals surface area (Å²) in [4.78, 5) is 4.73. The Kier molecular flexibility index (Phi) is 5.92. The summed E-state index contributed by atoms with van der Waals surface area (Å²) in [5.74, 6) is 0. The van der Waals surface area contributed by atoms with Gasteiger partial charge in [0.25, 0.3) is 0 Å². The molecule has 0 aliphatic heterocycles. The van der Waals surface area contributed by atoms with E-state index in [0.29, 0.717) is 0 Å². The van der Waals surface area contributed by atoms with Crippen LogP contribution in [0.4, 0.5) is 0 Å². The Balaban J connectivity index is 2.55. The molecule has 2 aromatic rings. The summed E-state index contributed by atoms with van der Waals surface area (Å²) in [7, 11) is 6.54. The van der Waals surface area contributed by atoms with Crippen LogP contribution in [0.1, 0.15) is 25.3 Å². The van der Waals surface area contributed by atoms with Crippen molar-refractivity contribution in [2.45, 2.75) is 26.2 Å². The molecule has 4 atom stereocenters. The molecule has 0 fully saturated rings. The Morgan fingerprint density at radius 3 is 2.83 bits per heavy atom. The highest BCUT2D eigenvalue weighted by Crippen LogP contribution is 2.65. The van der Waals surface area contributed by atoms with Crippen molar-refractivity contribution in [2.75, 3.05) is 0 Å². The number of aromatic nitrogens is 1. The normalized spacial score (nSPS) is 13.5. The maximum atomic E-state index is 4.73. The predicted octanol–water partition coefficient (Wildman–Crippen LogP) is 4.86. The van der Waals surface area contributed by atoms with Crippen molar-refractivity contribution in [3.63, 3.8) is 0 Å². The van der Waals surface area contributed by atoms with Crippen molar-refractivity contribution >= 4 is 49.3 Å². The topological polar surface area (TPSA) is 12.9 Å². The van der Waals surface area contributed by atoms with Crippen molar-refractivity contribution in [3.05, 3.63) is 36.0 Å². The molecule has 0 saturated carbocycles. The summed E-state index contributed by atoms with van der Waals surface area (Å²) < 4.78 is 0. The molecule has 0 N–H and O–H groups in total. The van der Waals surface area contributed by atoms with Gasteiger partial charge in [0.2, 0.25) is 0 Å². The second-order valence-corrected chi connectivity index (χ2v) is 13.3. The summed E-state index contributed by atoms with van der Waals surface area (Å²) in [5, 5.41) is 2.67. The lowest BCUT2D eigenvalue weighted by molar-refractivity contribution is 0.800. The van der Waals surface area contributed by atoms with Crippen molar-refractivity contribution in [2.24, 2.45) is 0 Å². The third kappa shape index (κ3) is 3.26. The maximum absolute atomic E-state index is 4.73. The summed E-state index contributed by atoms with van der Waals surface area (Å²) in [6.07, 6.45) is 5.67. The molecular weight excluding hydrogens is 294 g/mol. The fraction of sp³-hybridized carbons (Fsp3) is 0.308. The second-order valence-electron chi connectivity index (χ2n) is 4.25. The van der Waals surface area contributed by atoms with E-state index in [1.165, 1.54) is 34.6 Å². The van der Waals surface area contributed by atoms with Crippen molar-refractivity contribution in [1.29, 1.82) is 0 Å². The molecular formula is C13H19NP4. The van der Waals surface area contributed by atoms with E-state index in [-0.39, 0.29) is 7.30 Å². The first kappa shape index (κ1) is 14.8. The van der Waals surface area contributed by atoms with Crippen LogP contribution in [0, 0.1) is 0 Å². The number of rotatable bonds is 5. The third-order valence-corrected chi connectivity index (χ3v) is 12.9. The van der Waals surface area contributed by atoms with Gasteiger partial charge in [-0.3, -0.25) is 4.98 Å². The van der Waals surface area contributed by atoms with Gasteiger partial charge in [-0.25, -0.2) is 0 Å². The number of unbranched alkanes of at least 4 members (excludes halogenated alkanes) is 1. The van der Waals surface area contributed by atoms with E-state index in [2.05, 4.69) is 49.0 Å². The first-order chi connectivity index (χ1) is 8.77. The Hall–Kier alpha value is 0.350. The number of hydrogen-bond acceptors (Lipinski definition) is 1. The maximum Gasteiger partial charge on any atom is 0.0751 e. The number of hydrogen-bond donors (Lipinski definition) is 0. The van der Waals surface area contributed by atoms with Crippen molar-refractivity contribution < 1.29 is 0 Å². The lowest BCUT2D eigenvalue weighted by atomic mass is 10.0. The second kappa shape index (κ2) is 7.22. The quantitative estimate of drug-likeness (QED) is 0.719. The molecule has 96 valence electrons.